The molecule has 3 rings (SSSR count). The van der Waals surface area contributed by atoms with Crippen LogP contribution in [0.4, 0.5) is 0 Å². The van der Waals surface area contributed by atoms with Gasteiger partial charge in [0.05, 0.1) is 18.8 Å². The molecule has 0 aliphatic rings. The van der Waals surface area contributed by atoms with Gasteiger partial charge in [0.2, 0.25) is 0 Å². The molecule has 27 heavy (non-hydrogen) atoms. The summed E-state index contributed by atoms with van der Waals surface area (Å²) in [5, 5.41) is 10.0. The lowest BCUT2D eigenvalue weighted by atomic mass is 10.0. The molecule has 1 heterocycles. The Labute approximate surface area is 159 Å². The van der Waals surface area contributed by atoms with Gasteiger partial charge in [0.25, 0.3) is 5.91 Å². The summed E-state index contributed by atoms with van der Waals surface area (Å²) in [6, 6.07) is 19.3. The molecule has 3 aromatic rings. The van der Waals surface area contributed by atoms with Crippen LogP contribution in [0.1, 0.15) is 22.1 Å². The highest BCUT2D eigenvalue weighted by molar-refractivity contribution is 5.93. The number of likely N-dealkylation sites (N-methyl/N-ethyl adjacent to an activating group) is 1. The van der Waals surface area contributed by atoms with E-state index in [-0.39, 0.29) is 11.9 Å². The molecule has 0 aliphatic carbocycles. The Morgan fingerprint density at radius 2 is 1.85 bits per heavy atom. The van der Waals surface area contributed by atoms with Crippen molar-refractivity contribution in [3.05, 3.63) is 71.9 Å². The maximum atomic E-state index is 12.6. The molecule has 2 aromatic carbocycles. The molecule has 1 amide bonds. The van der Waals surface area contributed by atoms with Gasteiger partial charge in [-0.2, -0.15) is 5.10 Å². The normalized spacial score (nSPS) is 12.0. The number of aromatic amines is 1. The van der Waals surface area contributed by atoms with E-state index in [0.717, 1.165) is 22.6 Å². The summed E-state index contributed by atoms with van der Waals surface area (Å²) in [4.78, 5) is 14.6. The van der Waals surface area contributed by atoms with Crippen molar-refractivity contribution in [1.29, 1.82) is 0 Å². The van der Waals surface area contributed by atoms with Crippen LogP contribution in [0.15, 0.2) is 60.7 Å². The summed E-state index contributed by atoms with van der Waals surface area (Å²) in [5.74, 6) is 0.616. The fourth-order valence-corrected chi connectivity index (χ4v) is 2.99. The molecule has 6 heteroatoms. The number of H-pyrrole nitrogens is 1. The third-order valence-corrected chi connectivity index (χ3v) is 4.47. The van der Waals surface area contributed by atoms with E-state index in [1.54, 1.807) is 13.2 Å². The number of rotatable bonds is 7. The molecular formula is C21H24N4O2. The van der Waals surface area contributed by atoms with E-state index in [4.69, 9.17) is 4.74 Å². The first-order chi connectivity index (χ1) is 13.1. The number of amides is 1. The molecule has 0 radical (unpaired) electrons. The zero-order chi connectivity index (χ0) is 19.2. The Morgan fingerprint density at radius 1 is 1.15 bits per heavy atom. The molecule has 1 atom stereocenters. The zero-order valence-electron chi connectivity index (χ0n) is 15.8. The van der Waals surface area contributed by atoms with Crippen LogP contribution in [0, 0.1) is 0 Å². The van der Waals surface area contributed by atoms with Crippen LogP contribution < -0.4 is 10.1 Å². The standard InChI is InChI=1S/C21H24N4O2/c1-25(2)19(16-11-7-8-12-20(16)27-3)14-22-21(26)18-13-17(23-24-18)15-9-5-4-6-10-15/h4-13,19H,14H2,1-3H3,(H,22,26)(H,23,24). The van der Waals surface area contributed by atoms with Gasteiger partial charge in [-0.3, -0.25) is 9.89 Å². The first kappa shape index (κ1) is 18.7. The minimum atomic E-state index is -0.188. The highest BCUT2D eigenvalue weighted by Gasteiger charge is 2.20. The minimum Gasteiger partial charge on any atom is -0.496 e. The van der Waals surface area contributed by atoms with Gasteiger partial charge in [0.1, 0.15) is 11.4 Å². The predicted octanol–water partition coefficient (Wildman–Crippen LogP) is 3.12. The van der Waals surface area contributed by atoms with E-state index in [0.29, 0.717) is 12.2 Å². The number of nitrogens with one attached hydrogen (secondary N) is 2. The van der Waals surface area contributed by atoms with E-state index in [9.17, 15) is 4.79 Å². The molecule has 1 aromatic heterocycles. The van der Waals surface area contributed by atoms with Gasteiger partial charge in [0, 0.05) is 17.7 Å². The monoisotopic (exact) mass is 364 g/mol. The SMILES string of the molecule is COc1ccccc1C(CNC(=O)c1cc(-c2ccccc2)n[nH]1)N(C)C. The lowest BCUT2D eigenvalue weighted by molar-refractivity contribution is 0.0936. The van der Waals surface area contributed by atoms with Crippen LogP contribution in [-0.4, -0.2) is 48.8 Å². The summed E-state index contributed by atoms with van der Waals surface area (Å²) in [7, 11) is 5.61. The van der Waals surface area contributed by atoms with Gasteiger partial charge in [-0.25, -0.2) is 0 Å². The van der Waals surface area contributed by atoms with Crippen molar-refractivity contribution in [2.45, 2.75) is 6.04 Å². The van der Waals surface area contributed by atoms with Crippen molar-refractivity contribution in [1.82, 2.24) is 20.4 Å². The Balaban J connectivity index is 1.71. The number of hydrogen-bond acceptors (Lipinski definition) is 4. The first-order valence-corrected chi connectivity index (χ1v) is 8.78. The zero-order valence-corrected chi connectivity index (χ0v) is 15.8. The molecule has 0 bridgehead atoms. The number of hydrogen-bond donors (Lipinski definition) is 2. The van der Waals surface area contributed by atoms with E-state index >= 15 is 0 Å². The summed E-state index contributed by atoms with van der Waals surface area (Å²) in [6.07, 6.45) is 0. The number of benzene rings is 2. The number of carbonyl (C=O) groups excluding carboxylic acids is 1. The Hall–Kier alpha value is -3.12. The smallest absolute Gasteiger partial charge is 0.269 e. The van der Waals surface area contributed by atoms with Crippen molar-refractivity contribution >= 4 is 5.91 Å². The molecule has 0 fully saturated rings. The highest BCUT2D eigenvalue weighted by atomic mass is 16.5. The second kappa shape index (κ2) is 8.51. The molecule has 0 saturated heterocycles. The molecule has 1 unspecified atom stereocenters. The topological polar surface area (TPSA) is 70.2 Å². The highest BCUT2D eigenvalue weighted by Crippen LogP contribution is 2.27. The molecule has 2 N–H and O–H groups in total. The van der Waals surface area contributed by atoms with Gasteiger partial charge in [-0.05, 0) is 26.2 Å². The van der Waals surface area contributed by atoms with Gasteiger partial charge in [-0.1, -0.05) is 48.5 Å². The van der Waals surface area contributed by atoms with Crippen molar-refractivity contribution < 1.29 is 9.53 Å². The fourth-order valence-electron chi connectivity index (χ4n) is 2.99. The molecule has 0 saturated carbocycles. The van der Waals surface area contributed by atoms with E-state index in [1.165, 1.54) is 0 Å². The van der Waals surface area contributed by atoms with Gasteiger partial charge >= 0.3 is 0 Å². The maximum absolute atomic E-state index is 12.6. The molecule has 140 valence electrons. The first-order valence-electron chi connectivity index (χ1n) is 8.78. The predicted molar refractivity (Wildman–Crippen MR) is 106 cm³/mol. The molecular weight excluding hydrogens is 340 g/mol. The van der Waals surface area contributed by atoms with E-state index in [2.05, 4.69) is 20.4 Å². The summed E-state index contributed by atoms with van der Waals surface area (Å²) < 4.78 is 5.46. The van der Waals surface area contributed by atoms with Crippen molar-refractivity contribution in [2.24, 2.45) is 0 Å². The molecule has 6 nitrogen and oxygen atoms in total. The average molecular weight is 364 g/mol. The number of ether oxygens (including phenoxy) is 1. The van der Waals surface area contributed by atoms with Crippen LogP contribution in [0.5, 0.6) is 5.75 Å². The largest absolute Gasteiger partial charge is 0.496 e. The quantitative estimate of drug-likeness (QED) is 0.676. The van der Waals surface area contributed by atoms with E-state index in [1.807, 2.05) is 68.7 Å². The number of aromatic nitrogens is 2. The Morgan fingerprint density at radius 3 is 2.56 bits per heavy atom. The van der Waals surface area contributed by atoms with Gasteiger partial charge < -0.3 is 15.0 Å². The van der Waals surface area contributed by atoms with Crippen LogP contribution in [0.3, 0.4) is 0 Å². The number of nitrogens with zero attached hydrogens (tertiary/aromatic N) is 2. The third kappa shape index (κ3) is 4.35. The van der Waals surface area contributed by atoms with Crippen LogP contribution in [-0.2, 0) is 0 Å². The van der Waals surface area contributed by atoms with Gasteiger partial charge in [0.15, 0.2) is 0 Å². The lowest BCUT2D eigenvalue weighted by Gasteiger charge is -2.26. The molecule has 0 spiro atoms. The van der Waals surface area contributed by atoms with Crippen LogP contribution in [0.2, 0.25) is 0 Å². The lowest BCUT2D eigenvalue weighted by Crippen LogP contribution is -2.34. The number of para-hydroxylation sites is 1. The Kier molecular flexibility index (Phi) is 5.88. The second-order valence-corrected chi connectivity index (χ2v) is 6.46. The van der Waals surface area contributed by atoms with Crippen molar-refractivity contribution in [3.63, 3.8) is 0 Å². The number of carbonyl (C=O) groups is 1. The van der Waals surface area contributed by atoms with Gasteiger partial charge in [-0.15, -0.1) is 0 Å². The minimum absolute atomic E-state index is 0.0124. The van der Waals surface area contributed by atoms with E-state index < -0.39 is 0 Å². The maximum Gasteiger partial charge on any atom is 0.269 e. The van der Waals surface area contributed by atoms with Crippen molar-refractivity contribution in [3.8, 4) is 17.0 Å². The molecule has 0 aliphatic heterocycles. The van der Waals surface area contributed by atoms with Crippen molar-refractivity contribution in [2.75, 3.05) is 27.7 Å². The third-order valence-electron chi connectivity index (χ3n) is 4.47. The Bertz CT molecular complexity index is 890. The van der Waals surface area contributed by atoms with Crippen LogP contribution >= 0.6 is 0 Å². The summed E-state index contributed by atoms with van der Waals surface area (Å²) >= 11 is 0. The average Bonchev–Trinajstić information content (AvgIpc) is 3.19. The fraction of sp³-hybridized carbons (Fsp3) is 0.238. The second-order valence-electron chi connectivity index (χ2n) is 6.46. The summed E-state index contributed by atoms with van der Waals surface area (Å²) in [5.41, 5.74) is 3.17. The number of methoxy groups -OCH3 is 1. The summed E-state index contributed by atoms with van der Waals surface area (Å²) in [6.45, 7) is 0.450. The van der Waals surface area contributed by atoms with Crippen LogP contribution in [0.25, 0.3) is 11.3 Å².